The first-order valence-corrected chi connectivity index (χ1v) is 11.8. The zero-order chi connectivity index (χ0) is 26.2. The second-order valence-electron chi connectivity index (χ2n) is 9.94. The van der Waals surface area contributed by atoms with Crippen molar-refractivity contribution in [1.82, 2.24) is 0 Å². The maximum atomic E-state index is 13.4. The van der Waals surface area contributed by atoms with E-state index in [0.29, 0.717) is 28.3 Å². The molecule has 0 spiro atoms. The van der Waals surface area contributed by atoms with Crippen molar-refractivity contribution in [3.63, 3.8) is 0 Å². The number of aryl methyl sites for hydroxylation is 1. The minimum atomic E-state index is -0.807. The second-order valence-corrected chi connectivity index (χ2v) is 9.94. The molecule has 1 fully saturated rings. The first-order chi connectivity index (χ1) is 17.1. The molecular weight excluding hydrogens is 454 g/mol. The summed E-state index contributed by atoms with van der Waals surface area (Å²) in [5, 5.41) is 11.5. The number of nitrogens with zero attached hydrogens (tertiary/aromatic N) is 1. The first kappa shape index (κ1) is 25.0. The van der Waals surface area contributed by atoms with Gasteiger partial charge in [0.15, 0.2) is 0 Å². The zero-order valence-corrected chi connectivity index (χ0v) is 21.5. The molecule has 1 N–H and O–H groups in total. The van der Waals surface area contributed by atoms with Gasteiger partial charge in [-0.05, 0) is 60.4 Å². The Morgan fingerprint density at radius 3 is 2.08 bits per heavy atom. The number of rotatable bonds is 5. The van der Waals surface area contributed by atoms with Crippen LogP contribution in [-0.4, -0.2) is 31.0 Å². The van der Waals surface area contributed by atoms with Crippen LogP contribution in [0.1, 0.15) is 49.1 Å². The van der Waals surface area contributed by atoms with Crippen molar-refractivity contribution in [2.24, 2.45) is 0 Å². The highest BCUT2D eigenvalue weighted by atomic mass is 16.5. The summed E-state index contributed by atoms with van der Waals surface area (Å²) in [4.78, 5) is 28.2. The van der Waals surface area contributed by atoms with E-state index >= 15 is 0 Å². The van der Waals surface area contributed by atoms with Crippen LogP contribution in [0.25, 0.3) is 5.76 Å². The highest BCUT2D eigenvalue weighted by Gasteiger charge is 2.47. The molecule has 0 aromatic heterocycles. The van der Waals surface area contributed by atoms with E-state index in [1.54, 1.807) is 50.6 Å². The Morgan fingerprint density at radius 1 is 0.889 bits per heavy atom. The molecule has 1 saturated heterocycles. The average Bonchev–Trinajstić information content (AvgIpc) is 3.13. The third kappa shape index (κ3) is 4.47. The van der Waals surface area contributed by atoms with Crippen molar-refractivity contribution in [3.8, 4) is 11.5 Å². The van der Waals surface area contributed by atoms with Crippen LogP contribution in [0.4, 0.5) is 5.69 Å². The van der Waals surface area contributed by atoms with Crippen LogP contribution >= 0.6 is 0 Å². The highest BCUT2D eigenvalue weighted by Crippen LogP contribution is 2.43. The van der Waals surface area contributed by atoms with E-state index in [0.717, 1.165) is 11.1 Å². The van der Waals surface area contributed by atoms with Crippen LogP contribution in [0.15, 0.2) is 72.3 Å². The van der Waals surface area contributed by atoms with Gasteiger partial charge in [0.05, 0.1) is 25.8 Å². The number of hydrogen-bond acceptors (Lipinski definition) is 5. The Bertz CT molecular complexity index is 1330. The molecule has 4 rings (SSSR count). The van der Waals surface area contributed by atoms with Gasteiger partial charge in [-0.25, -0.2) is 0 Å². The van der Waals surface area contributed by atoms with E-state index in [9.17, 15) is 14.7 Å². The molecule has 0 saturated carbocycles. The summed E-state index contributed by atoms with van der Waals surface area (Å²) in [6.07, 6.45) is 0. The number of carbonyl (C=O) groups excluding carboxylic acids is 2. The molecule has 1 amide bonds. The third-order valence-electron chi connectivity index (χ3n) is 6.47. The molecule has 6 nitrogen and oxygen atoms in total. The number of methoxy groups -OCH3 is 2. The summed E-state index contributed by atoms with van der Waals surface area (Å²) in [6.45, 7) is 8.09. The number of carbonyl (C=O) groups is 2. The molecule has 1 heterocycles. The van der Waals surface area contributed by atoms with Crippen LogP contribution < -0.4 is 14.4 Å². The maximum absolute atomic E-state index is 13.4. The Hall–Kier alpha value is -4.06. The monoisotopic (exact) mass is 485 g/mol. The van der Waals surface area contributed by atoms with E-state index in [4.69, 9.17) is 9.47 Å². The van der Waals surface area contributed by atoms with Crippen molar-refractivity contribution >= 4 is 23.1 Å². The molecule has 0 aliphatic carbocycles. The lowest BCUT2D eigenvalue weighted by molar-refractivity contribution is -0.132. The smallest absolute Gasteiger partial charge is 0.300 e. The Morgan fingerprint density at radius 2 is 1.53 bits per heavy atom. The molecule has 1 atom stereocenters. The zero-order valence-electron chi connectivity index (χ0n) is 21.5. The third-order valence-corrected chi connectivity index (χ3v) is 6.47. The molecule has 36 heavy (non-hydrogen) atoms. The summed E-state index contributed by atoms with van der Waals surface area (Å²) in [7, 11) is 3.17. The number of aliphatic hydroxyl groups is 1. The van der Waals surface area contributed by atoms with E-state index in [1.165, 1.54) is 4.90 Å². The Labute approximate surface area is 211 Å². The quantitative estimate of drug-likeness (QED) is 0.275. The lowest BCUT2D eigenvalue weighted by Gasteiger charge is -2.26. The maximum Gasteiger partial charge on any atom is 0.300 e. The number of anilines is 1. The average molecular weight is 486 g/mol. The Balaban J connectivity index is 1.94. The summed E-state index contributed by atoms with van der Waals surface area (Å²) < 4.78 is 10.8. The van der Waals surface area contributed by atoms with Crippen molar-refractivity contribution in [1.29, 1.82) is 0 Å². The number of ether oxygens (including phenoxy) is 2. The van der Waals surface area contributed by atoms with Gasteiger partial charge in [-0.15, -0.1) is 0 Å². The van der Waals surface area contributed by atoms with Gasteiger partial charge in [0.1, 0.15) is 17.3 Å². The highest BCUT2D eigenvalue weighted by molar-refractivity contribution is 6.51. The summed E-state index contributed by atoms with van der Waals surface area (Å²) in [6, 6.07) is 19.0. The normalized spacial score (nSPS) is 17.4. The summed E-state index contributed by atoms with van der Waals surface area (Å²) in [5.74, 6) is -0.313. The molecule has 3 aromatic carbocycles. The van der Waals surface area contributed by atoms with Crippen LogP contribution in [0.2, 0.25) is 0 Å². The van der Waals surface area contributed by atoms with E-state index in [-0.39, 0.29) is 16.7 Å². The number of hydrogen-bond donors (Lipinski definition) is 1. The molecule has 1 aliphatic rings. The Kier molecular flexibility index (Phi) is 6.63. The fraction of sp³-hybridized carbons (Fsp3) is 0.267. The lowest BCUT2D eigenvalue weighted by Crippen LogP contribution is -2.29. The van der Waals surface area contributed by atoms with E-state index < -0.39 is 17.7 Å². The van der Waals surface area contributed by atoms with Crippen LogP contribution in [0.3, 0.4) is 0 Å². The van der Waals surface area contributed by atoms with E-state index in [2.05, 4.69) is 0 Å². The summed E-state index contributed by atoms with van der Waals surface area (Å²) >= 11 is 0. The molecule has 0 bridgehead atoms. The predicted octanol–water partition coefficient (Wildman–Crippen LogP) is 5.94. The van der Waals surface area contributed by atoms with Crippen LogP contribution in [0, 0.1) is 6.92 Å². The number of benzene rings is 3. The van der Waals surface area contributed by atoms with Crippen molar-refractivity contribution in [2.75, 3.05) is 19.1 Å². The van der Waals surface area contributed by atoms with Gasteiger partial charge in [-0.3, -0.25) is 14.5 Å². The minimum Gasteiger partial charge on any atom is -0.507 e. The van der Waals surface area contributed by atoms with Gasteiger partial charge in [-0.1, -0.05) is 50.6 Å². The lowest BCUT2D eigenvalue weighted by atomic mass is 9.84. The largest absolute Gasteiger partial charge is 0.507 e. The van der Waals surface area contributed by atoms with Crippen molar-refractivity contribution in [2.45, 2.75) is 39.2 Å². The van der Waals surface area contributed by atoms with E-state index in [1.807, 2.05) is 58.0 Å². The molecular formula is C30H31NO5. The number of ketones is 1. The number of aliphatic hydroxyl groups excluding tert-OH is 1. The van der Waals surface area contributed by atoms with Gasteiger partial charge in [0, 0.05) is 16.8 Å². The topological polar surface area (TPSA) is 76.1 Å². The van der Waals surface area contributed by atoms with Gasteiger partial charge in [0.2, 0.25) is 0 Å². The summed E-state index contributed by atoms with van der Waals surface area (Å²) in [5.41, 5.74) is 3.38. The predicted molar refractivity (Wildman–Crippen MR) is 141 cm³/mol. The molecule has 6 heteroatoms. The molecule has 186 valence electrons. The fourth-order valence-corrected chi connectivity index (χ4v) is 4.50. The molecule has 0 radical (unpaired) electrons. The van der Waals surface area contributed by atoms with Gasteiger partial charge in [0.25, 0.3) is 11.7 Å². The van der Waals surface area contributed by atoms with Gasteiger partial charge >= 0.3 is 0 Å². The van der Waals surface area contributed by atoms with Crippen LogP contribution in [-0.2, 0) is 15.0 Å². The van der Waals surface area contributed by atoms with Crippen molar-refractivity contribution < 1.29 is 24.2 Å². The van der Waals surface area contributed by atoms with Crippen LogP contribution in [0.5, 0.6) is 11.5 Å². The standard InChI is InChI=1S/C30H31NO5/c1-18-7-12-21(13-8-18)31-26(19-9-14-22(35-5)15-10-19)25(28(33)29(31)34)27(32)20-11-16-24(36-6)23(17-20)30(2,3)4/h7-17,26,32H,1-6H3/b27-25-. The van der Waals surface area contributed by atoms with Gasteiger partial charge < -0.3 is 14.6 Å². The second kappa shape index (κ2) is 9.53. The first-order valence-electron chi connectivity index (χ1n) is 11.8. The number of amides is 1. The molecule has 1 unspecified atom stereocenters. The fourth-order valence-electron chi connectivity index (χ4n) is 4.50. The molecule has 3 aromatic rings. The van der Waals surface area contributed by atoms with Crippen molar-refractivity contribution in [3.05, 3.63) is 94.6 Å². The minimum absolute atomic E-state index is 0.0377. The number of Topliss-reactive ketones (excluding diaryl/α,β-unsaturated/α-hetero) is 1. The van der Waals surface area contributed by atoms with Gasteiger partial charge in [-0.2, -0.15) is 0 Å². The molecule has 1 aliphatic heterocycles. The SMILES string of the molecule is COc1ccc(C2/C(=C(/O)c3ccc(OC)c(C(C)(C)C)c3)C(=O)C(=O)N2c2ccc(C)cc2)cc1.